The van der Waals surface area contributed by atoms with Crippen LogP contribution in [0.15, 0.2) is 72.8 Å². The molecule has 0 saturated carbocycles. The zero-order chi connectivity index (χ0) is 34.2. The Morgan fingerprint density at radius 3 is 2.12 bits per heavy atom. The first-order valence-corrected chi connectivity index (χ1v) is 18.2. The number of aliphatic hydroxyl groups excluding tert-OH is 1. The Balaban J connectivity index is 1.40. The van der Waals surface area contributed by atoms with E-state index >= 15 is 0 Å². The Morgan fingerprint density at radius 2 is 1.52 bits per heavy atom. The van der Waals surface area contributed by atoms with Gasteiger partial charge in [0.25, 0.3) is 5.91 Å². The molecule has 0 aliphatic carbocycles. The Morgan fingerprint density at radius 1 is 0.896 bits per heavy atom. The van der Waals surface area contributed by atoms with Gasteiger partial charge < -0.3 is 29.4 Å². The SMILES string of the molecule is CCOc1ccc(N2CC=C[C@@H]3S[C@]45C=CCN(c6ccc(N(CC)CC)cc6)C(=O)C4N([C@@H](CO)CC(C)C)C(=O)[C@@H]5[C@@H]3C2=O)cc1. The van der Waals surface area contributed by atoms with Crippen LogP contribution < -0.4 is 19.4 Å². The van der Waals surface area contributed by atoms with Gasteiger partial charge in [-0.1, -0.05) is 38.2 Å². The molecule has 48 heavy (non-hydrogen) atoms. The number of fused-ring (bicyclic) bond motifs is 2. The van der Waals surface area contributed by atoms with E-state index in [1.807, 2.05) is 79.8 Å². The van der Waals surface area contributed by atoms with Crippen molar-refractivity contribution in [3.05, 3.63) is 72.8 Å². The number of carbonyl (C=O) groups excluding carboxylic acids is 3. The molecule has 0 radical (unpaired) electrons. The topological polar surface area (TPSA) is 93.6 Å². The molecular formula is C38H48N4O5S. The van der Waals surface area contributed by atoms with Gasteiger partial charge in [0, 0.05) is 48.5 Å². The molecule has 1 N–H and O–H groups in total. The first-order chi connectivity index (χ1) is 23.2. The highest BCUT2D eigenvalue weighted by Gasteiger charge is 2.71. The van der Waals surface area contributed by atoms with E-state index < -0.39 is 28.7 Å². The number of benzene rings is 2. The van der Waals surface area contributed by atoms with Crippen LogP contribution in [0.2, 0.25) is 0 Å². The molecule has 1 unspecified atom stereocenters. The summed E-state index contributed by atoms with van der Waals surface area (Å²) in [6, 6.07) is 14.1. The lowest BCUT2D eigenvalue weighted by Gasteiger charge is -2.39. The molecule has 4 heterocycles. The summed E-state index contributed by atoms with van der Waals surface area (Å²) in [6.45, 7) is 13.1. The van der Waals surface area contributed by atoms with Crippen molar-refractivity contribution in [2.24, 2.45) is 17.8 Å². The minimum absolute atomic E-state index is 0.129. The van der Waals surface area contributed by atoms with Gasteiger partial charge in [-0.25, -0.2) is 0 Å². The number of hydrogen-bond acceptors (Lipinski definition) is 7. The fourth-order valence-corrected chi connectivity index (χ4v) is 10.1. The van der Waals surface area contributed by atoms with Crippen molar-refractivity contribution in [2.45, 2.75) is 63.1 Å². The Bertz CT molecular complexity index is 1560. The van der Waals surface area contributed by atoms with Gasteiger partial charge in [0.2, 0.25) is 11.8 Å². The lowest BCUT2D eigenvalue weighted by Crippen LogP contribution is -2.57. The van der Waals surface area contributed by atoms with Crippen LogP contribution in [-0.2, 0) is 14.4 Å². The van der Waals surface area contributed by atoms with Crippen molar-refractivity contribution in [3.8, 4) is 5.75 Å². The number of hydrogen-bond donors (Lipinski definition) is 1. The molecule has 2 saturated heterocycles. The van der Waals surface area contributed by atoms with Crippen LogP contribution in [0.3, 0.4) is 0 Å². The largest absolute Gasteiger partial charge is 0.494 e. The highest BCUT2D eigenvalue weighted by molar-refractivity contribution is 8.02. The van der Waals surface area contributed by atoms with Crippen molar-refractivity contribution in [3.63, 3.8) is 0 Å². The molecule has 256 valence electrons. The maximum Gasteiger partial charge on any atom is 0.251 e. The molecule has 6 atom stereocenters. The van der Waals surface area contributed by atoms with Gasteiger partial charge >= 0.3 is 0 Å². The molecule has 4 aliphatic rings. The van der Waals surface area contributed by atoms with E-state index in [0.717, 1.165) is 35.9 Å². The number of thioether (sulfide) groups is 1. The number of ether oxygens (including phenoxy) is 1. The van der Waals surface area contributed by atoms with Crippen molar-refractivity contribution in [2.75, 3.05) is 54.1 Å². The maximum absolute atomic E-state index is 14.9. The van der Waals surface area contributed by atoms with E-state index in [-0.39, 0.29) is 35.5 Å². The van der Waals surface area contributed by atoms with Crippen LogP contribution in [0.5, 0.6) is 5.75 Å². The average molecular weight is 673 g/mol. The van der Waals surface area contributed by atoms with Crippen molar-refractivity contribution < 1.29 is 24.2 Å². The lowest BCUT2D eigenvalue weighted by molar-refractivity contribution is -0.142. The fourth-order valence-electron chi connectivity index (χ4n) is 8.07. The van der Waals surface area contributed by atoms with Crippen molar-refractivity contribution in [1.82, 2.24) is 4.90 Å². The summed E-state index contributed by atoms with van der Waals surface area (Å²) in [6.07, 6.45) is 8.62. The summed E-state index contributed by atoms with van der Waals surface area (Å²) in [5.74, 6) is -1.06. The summed E-state index contributed by atoms with van der Waals surface area (Å²) >= 11 is 1.56. The van der Waals surface area contributed by atoms with Gasteiger partial charge in [0.1, 0.15) is 11.8 Å². The monoisotopic (exact) mass is 672 g/mol. The molecule has 2 aromatic rings. The smallest absolute Gasteiger partial charge is 0.251 e. The minimum Gasteiger partial charge on any atom is -0.494 e. The summed E-state index contributed by atoms with van der Waals surface area (Å²) < 4.78 is 4.66. The second kappa shape index (κ2) is 14.0. The molecule has 3 amide bonds. The van der Waals surface area contributed by atoms with E-state index in [9.17, 15) is 19.5 Å². The Hall–Kier alpha value is -3.76. The number of carbonyl (C=O) groups is 3. The molecule has 2 aromatic carbocycles. The summed E-state index contributed by atoms with van der Waals surface area (Å²) in [4.78, 5) is 51.8. The number of rotatable bonds is 11. The van der Waals surface area contributed by atoms with Crippen LogP contribution >= 0.6 is 11.8 Å². The van der Waals surface area contributed by atoms with Gasteiger partial charge in [-0.15, -0.1) is 11.8 Å². The molecular weight excluding hydrogens is 625 g/mol. The second-order valence-corrected chi connectivity index (χ2v) is 14.9. The Kier molecular flexibility index (Phi) is 9.95. The third-order valence-electron chi connectivity index (χ3n) is 10.2. The number of anilines is 3. The van der Waals surface area contributed by atoms with E-state index in [1.165, 1.54) is 0 Å². The van der Waals surface area contributed by atoms with Crippen LogP contribution in [0.4, 0.5) is 17.1 Å². The maximum atomic E-state index is 14.9. The predicted molar refractivity (Wildman–Crippen MR) is 193 cm³/mol. The fraction of sp³-hybridized carbons (Fsp3) is 0.500. The lowest BCUT2D eigenvalue weighted by atomic mass is 9.78. The van der Waals surface area contributed by atoms with Crippen LogP contribution in [0.25, 0.3) is 0 Å². The number of nitrogens with zero attached hydrogens (tertiary/aromatic N) is 4. The zero-order valence-corrected chi connectivity index (χ0v) is 29.4. The second-order valence-electron chi connectivity index (χ2n) is 13.4. The van der Waals surface area contributed by atoms with Gasteiger partial charge in [-0.05, 0) is 81.6 Å². The molecule has 0 bridgehead atoms. The standard InChI is InChI=1S/C38H48N4O5S/c1-6-39(7-2)26-12-14-27(15-13-26)41-22-10-20-38-33(36(45)42(34(38)37(41)46)29(24-43)23-25(4)5)32-31(48-38)11-9-21-40(35(32)44)28-16-18-30(19-17-28)47-8-3/h9-20,25,29,31-34,43H,6-8,21-24H2,1-5H3/t29-,31+,32-,33+,34?,38+/m1/s1. The third-order valence-corrected chi connectivity index (χ3v) is 11.9. The van der Waals surface area contributed by atoms with E-state index in [4.69, 9.17) is 4.74 Å². The molecule has 9 nitrogen and oxygen atoms in total. The summed E-state index contributed by atoms with van der Waals surface area (Å²) in [7, 11) is 0. The quantitative estimate of drug-likeness (QED) is 0.331. The Labute approximate surface area is 288 Å². The molecule has 1 spiro atoms. The van der Waals surface area contributed by atoms with Gasteiger partial charge in [0.05, 0.1) is 35.8 Å². The van der Waals surface area contributed by atoms with Crippen LogP contribution in [0, 0.1) is 17.8 Å². The molecule has 6 rings (SSSR count). The predicted octanol–water partition coefficient (Wildman–Crippen LogP) is 5.14. The number of likely N-dealkylation sites (tertiary alicyclic amines) is 1. The van der Waals surface area contributed by atoms with Gasteiger partial charge in [0.15, 0.2) is 0 Å². The van der Waals surface area contributed by atoms with E-state index in [0.29, 0.717) is 26.1 Å². The third kappa shape index (κ3) is 5.81. The van der Waals surface area contributed by atoms with Crippen molar-refractivity contribution >= 4 is 46.5 Å². The van der Waals surface area contributed by atoms with Gasteiger partial charge in [-0.3, -0.25) is 14.4 Å². The number of aliphatic hydroxyl groups is 1. The van der Waals surface area contributed by atoms with E-state index in [1.54, 1.807) is 26.5 Å². The minimum atomic E-state index is -0.967. The highest BCUT2D eigenvalue weighted by Crippen LogP contribution is 2.61. The molecule has 2 fully saturated rings. The van der Waals surface area contributed by atoms with Crippen molar-refractivity contribution in [1.29, 1.82) is 0 Å². The zero-order valence-electron chi connectivity index (χ0n) is 28.6. The molecule has 10 heteroatoms. The number of amides is 3. The highest BCUT2D eigenvalue weighted by atomic mass is 32.2. The van der Waals surface area contributed by atoms with Crippen LogP contribution in [0.1, 0.15) is 41.0 Å². The first kappa shape index (κ1) is 34.1. The normalized spacial score (nSPS) is 27.1. The van der Waals surface area contributed by atoms with Crippen LogP contribution in [-0.4, -0.2) is 89.2 Å². The molecule has 4 aliphatic heterocycles. The summed E-state index contributed by atoms with van der Waals surface area (Å²) in [5, 5.41) is 10.4. The first-order valence-electron chi connectivity index (χ1n) is 17.3. The molecule has 0 aromatic heterocycles. The van der Waals surface area contributed by atoms with Gasteiger partial charge in [-0.2, -0.15) is 0 Å². The van der Waals surface area contributed by atoms with E-state index in [2.05, 4.69) is 32.6 Å². The summed E-state index contributed by atoms with van der Waals surface area (Å²) in [5.41, 5.74) is 2.58. The average Bonchev–Trinajstić information content (AvgIpc) is 3.40.